The van der Waals surface area contributed by atoms with Gasteiger partial charge in [-0.25, -0.2) is 0 Å². The summed E-state index contributed by atoms with van der Waals surface area (Å²) in [4.78, 5) is 6.84. The van der Waals surface area contributed by atoms with E-state index in [0.29, 0.717) is 0 Å². The van der Waals surface area contributed by atoms with Crippen LogP contribution in [-0.4, -0.2) is 15.9 Å². The Morgan fingerprint density at radius 1 is 0.569 bits per heavy atom. The lowest BCUT2D eigenvalue weighted by Crippen LogP contribution is -2.29. The van der Waals surface area contributed by atoms with Gasteiger partial charge in [0.05, 0.1) is 11.6 Å². The second kappa shape index (κ2) is 12.2. The molecule has 1 aliphatic heterocycles. The van der Waals surface area contributed by atoms with E-state index in [1.165, 1.54) is 65.1 Å². The third-order valence-electron chi connectivity index (χ3n) is 11.0. The molecule has 0 fully saturated rings. The Morgan fingerprint density at radius 2 is 1.16 bits per heavy atom. The first-order valence-electron chi connectivity index (χ1n) is 18.0. The largest absolute Gasteiger partial charge is 0.333 e. The van der Waals surface area contributed by atoms with E-state index in [-0.39, 0.29) is 11.3 Å². The first kappa shape index (κ1) is 30.1. The molecule has 0 amide bonds. The topological polar surface area (TPSA) is 8.17 Å². The Morgan fingerprint density at radius 3 is 1.86 bits per heavy atom. The molecule has 0 saturated heterocycles. The molecule has 3 aliphatic rings. The van der Waals surface area contributed by atoms with Crippen molar-refractivity contribution in [1.82, 2.24) is 4.57 Å². The van der Waals surface area contributed by atoms with Gasteiger partial charge in [0.15, 0.2) is 0 Å². The molecule has 0 spiro atoms. The zero-order valence-corrected chi connectivity index (χ0v) is 29.2. The summed E-state index contributed by atoms with van der Waals surface area (Å²) in [7, 11) is -1.78. The van der Waals surface area contributed by atoms with Crippen LogP contribution in [0.2, 0.25) is 0 Å². The molecule has 2 aliphatic carbocycles. The fourth-order valence-electron chi connectivity index (χ4n) is 8.88. The zero-order chi connectivity index (χ0) is 33.8. The summed E-state index contributed by atoms with van der Waals surface area (Å²) in [5.41, 5.74) is 10.5. The van der Waals surface area contributed by atoms with Crippen LogP contribution in [0.5, 0.6) is 0 Å². The van der Waals surface area contributed by atoms with Gasteiger partial charge >= 0.3 is 0 Å². The van der Waals surface area contributed by atoms with Crippen LogP contribution in [-0.2, 0) is 6.42 Å². The van der Waals surface area contributed by atoms with Crippen LogP contribution in [0.4, 0.5) is 11.4 Å². The third-order valence-corrected chi connectivity index (χ3v) is 15.3. The third kappa shape index (κ3) is 4.65. The summed E-state index contributed by atoms with van der Waals surface area (Å²) >= 11 is 0. The van der Waals surface area contributed by atoms with Gasteiger partial charge in [-0.1, -0.05) is 121 Å². The van der Waals surface area contributed by atoms with Crippen LogP contribution in [0.25, 0.3) is 28.2 Å². The molecular formula is C48H38N2S. The normalized spacial score (nSPS) is 18.1. The van der Waals surface area contributed by atoms with E-state index in [0.717, 1.165) is 12.8 Å². The van der Waals surface area contributed by atoms with Gasteiger partial charge in [-0.05, 0) is 111 Å². The van der Waals surface area contributed by atoms with Crippen molar-refractivity contribution in [3.05, 3.63) is 210 Å². The van der Waals surface area contributed by atoms with Gasteiger partial charge in [-0.2, -0.15) is 10.0 Å². The number of para-hydroxylation sites is 4. The number of nitrogens with zero attached hydrogens (tertiary/aromatic N) is 2. The number of hydrogen-bond acceptors (Lipinski definition) is 1. The quantitative estimate of drug-likeness (QED) is 0.170. The summed E-state index contributed by atoms with van der Waals surface area (Å²) in [6, 6.07) is 62.8. The minimum Gasteiger partial charge on any atom is -0.333 e. The van der Waals surface area contributed by atoms with Crippen molar-refractivity contribution in [1.29, 1.82) is 0 Å². The van der Waals surface area contributed by atoms with Gasteiger partial charge in [0.1, 0.15) is 0 Å². The summed E-state index contributed by atoms with van der Waals surface area (Å²) < 4.78 is 2.46. The van der Waals surface area contributed by atoms with Crippen LogP contribution < -0.4 is 4.90 Å². The maximum absolute atomic E-state index is 2.60. The summed E-state index contributed by atoms with van der Waals surface area (Å²) in [6.07, 6.45) is 12.1. The van der Waals surface area contributed by atoms with Crippen molar-refractivity contribution in [3.63, 3.8) is 0 Å². The standard InChI is InChI=1S/C48H38N2S/c1-5-17-35(18-6-1)49-45-27-15-13-25-41(45)43-33-39(29-31-47(43)49)51(37-21-9-3-10-22-37,38-23-11-4-12-24-38)40-30-32-48-44(34-40)42-26-14-16-28-46(42)50(48)36-19-7-2-8-20-36/h1-31,34,39,48H,32-33H2. The van der Waals surface area contributed by atoms with Gasteiger partial charge in [-0.15, -0.1) is 0 Å². The molecule has 6 aromatic carbocycles. The average Bonchev–Trinajstić information content (AvgIpc) is 3.72. The Hall–Kier alpha value is -5.77. The number of allylic oxidation sites excluding steroid dienone is 1. The lowest BCUT2D eigenvalue weighted by atomic mass is 9.96. The number of anilines is 2. The molecule has 2 atom stereocenters. The predicted octanol–water partition coefficient (Wildman–Crippen LogP) is 12.4. The molecule has 0 saturated carbocycles. The maximum Gasteiger partial charge on any atom is 0.0633 e. The molecule has 7 aromatic rings. The lowest BCUT2D eigenvalue weighted by molar-refractivity contribution is 0.827. The molecule has 2 nitrogen and oxygen atoms in total. The van der Waals surface area contributed by atoms with Gasteiger partial charge in [0, 0.05) is 39.0 Å². The fraction of sp³-hybridized carbons (Fsp3) is 0.0833. The first-order valence-corrected chi connectivity index (χ1v) is 19.7. The number of fused-ring (bicyclic) bond motifs is 6. The molecule has 3 heteroatoms. The van der Waals surface area contributed by atoms with Crippen LogP contribution in [0.1, 0.15) is 23.2 Å². The highest BCUT2D eigenvalue weighted by Crippen LogP contribution is 2.74. The number of aromatic nitrogens is 1. The maximum atomic E-state index is 2.60. The van der Waals surface area contributed by atoms with E-state index in [1.807, 2.05) is 0 Å². The molecule has 10 rings (SSSR count). The Bertz CT molecular complexity index is 2440. The molecular weight excluding hydrogens is 637 g/mol. The van der Waals surface area contributed by atoms with E-state index >= 15 is 0 Å². The van der Waals surface area contributed by atoms with E-state index in [2.05, 4.69) is 204 Å². The van der Waals surface area contributed by atoms with Crippen molar-refractivity contribution in [2.24, 2.45) is 0 Å². The molecule has 0 radical (unpaired) electrons. The van der Waals surface area contributed by atoms with Crippen molar-refractivity contribution in [2.75, 3.05) is 4.90 Å². The smallest absolute Gasteiger partial charge is 0.0633 e. The SMILES string of the molecule is C1=CC(S(C2=CCC3C(=C2)c2ccccc2N3c2ccccc2)(c2ccccc2)c2ccccc2)Cc2c1n(-c1ccccc1)c1ccccc21. The van der Waals surface area contributed by atoms with Crippen LogP contribution in [0.3, 0.4) is 0 Å². The van der Waals surface area contributed by atoms with Crippen molar-refractivity contribution in [3.8, 4) is 5.69 Å². The molecule has 2 unspecified atom stereocenters. The summed E-state index contributed by atoms with van der Waals surface area (Å²) in [5.74, 6) is 0. The molecule has 1 aromatic heterocycles. The molecule has 0 N–H and O–H groups in total. The second-order valence-electron chi connectivity index (χ2n) is 13.6. The minimum absolute atomic E-state index is 0.256. The average molecular weight is 675 g/mol. The van der Waals surface area contributed by atoms with E-state index < -0.39 is 10.0 Å². The molecule has 51 heavy (non-hydrogen) atoms. The summed E-state index contributed by atoms with van der Waals surface area (Å²) in [5, 5.41) is 1.60. The highest BCUT2D eigenvalue weighted by Gasteiger charge is 2.44. The zero-order valence-electron chi connectivity index (χ0n) is 28.3. The fourth-order valence-corrected chi connectivity index (χ4v) is 13.3. The van der Waals surface area contributed by atoms with E-state index in [9.17, 15) is 0 Å². The predicted molar refractivity (Wildman–Crippen MR) is 216 cm³/mol. The van der Waals surface area contributed by atoms with Crippen molar-refractivity contribution >= 4 is 44.0 Å². The van der Waals surface area contributed by atoms with Crippen LogP contribution in [0, 0.1) is 0 Å². The number of rotatable bonds is 6. The number of benzene rings is 6. The van der Waals surface area contributed by atoms with Crippen molar-refractivity contribution < 1.29 is 0 Å². The Kier molecular flexibility index (Phi) is 7.21. The highest BCUT2D eigenvalue weighted by atomic mass is 32.3. The van der Waals surface area contributed by atoms with Gasteiger partial charge in [-0.3, -0.25) is 0 Å². The number of hydrogen-bond donors (Lipinski definition) is 0. The van der Waals surface area contributed by atoms with Gasteiger partial charge < -0.3 is 9.47 Å². The van der Waals surface area contributed by atoms with Crippen LogP contribution in [0.15, 0.2) is 203 Å². The minimum atomic E-state index is -1.78. The van der Waals surface area contributed by atoms with E-state index in [4.69, 9.17) is 0 Å². The van der Waals surface area contributed by atoms with Crippen LogP contribution >= 0.6 is 10.0 Å². The highest BCUT2D eigenvalue weighted by molar-refractivity contribution is 8.37. The Balaban J connectivity index is 1.19. The Labute approximate surface area is 301 Å². The molecule has 0 bridgehead atoms. The molecule has 246 valence electrons. The monoisotopic (exact) mass is 674 g/mol. The first-order chi connectivity index (χ1) is 25.3. The lowest BCUT2D eigenvalue weighted by Gasteiger charge is -2.49. The summed E-state index contributed by atoms with van der Waals surface area (Å²) in [6.45, 7) is 0. The molecule has 2 heterocycles. The van der Waals surface area contributed by atoms with Gasteiger partial charge in [0.2, 0.25) is 0 Å². The van der Waals surface area contributed by atoms with E-state index in [1.54, 1.807) is 0 Å². The second-order valence-corrected chi connectivity index (χ2v) is 17.0. The van der Waals surface area contributed by atoms with Gasteiger partial charge in [0.25, 0.3) is 0 Å². The van der Waals surface area contributed by atoms with Crippen molar-refractivity contribution in [2.45, 2.75) is 33.9 Å².